The lowest BCUT2D eigenvalue weighted by Gasteiger charge is -2.31. The van der Waals surface area contributed by atoms with Crippen LogP contribution >= 0.6 is 0 Å². The maximum absolute atomic E-state index is 13.4. The number of piperidine rings is 2. The number of carbonyl (C=O) groups is 2. The Bertz CT molecular complexity index is 2300. The number of aromatic nitrogens is 6. The first kappa shape index (κ1) is 41.4. The summed E-state index contributed by atoms with van der Waals surface area (Å²) in [6.07, 6.45) is 12.7. The van der Waals surface area contributed by atoms with Gasteiger partial charge < -0.3 is 24.9 Å². The van der Waals surface area contributed by atoms with Gasteiger partial charge in [-0.2, -0.15) is 0 Å². The number of amides is 4. The van der Waals surface area contributed by atoms with Crippen molar-refractivity contribution in [3.05, 3.63) is 61.4 Å². The first-order valence-electron chi connectivity index (χ1n) is 21.6. The minimum Gasteiger partial charge on any atom is -0.368 e. The summed E-state index contributed by atoms with van der Waals surface area (Å²) in [7, 11) is -3.22. The van der Waals surface area contributed by atoms with Crippen molar-refractivity contribution in [3.8, 4) is 0 Å². The molecule has 4 amide bonds. The topological polar surface area (TPSA) is 204 Å². The van der Waals surface area contributed by atoms with Crippen molar-refractivity contribution >= 4 is 68.4 Å². The number of nitrogens with zero attached hydrogens (tertiary/aromatic N) is 13. The first-order valence-corrected chi connectivity index (χ1v) is 23.4. The molecule has 12 heterocycles. The van der Waals surface area contributed by atoms with Crippen LogP contribution < -0.4 is 45.3 Å². The molecular weight excluding hydrogens is 813 g/mol. The predicted molar refractivity (Wildman–Crippen MR) is 239 cm³/mol. The summed E-state index contributed by atoms with van der Waals surface area (Å²) in [5, 5.41) is 9.24. The van der Waals surface area contributed by atoms with Gasteiger partial charge in [-0.3, -0.25) is 20.4 Å². The van der Waals surface area contributed by atoms with Gasteiger partial charge in [-0.05, 0) is 81.5 Å². The number of fused-ring (bicyclic) bond motifs is 4. The maximum atomic E-state index is 13.4. The zero-order chi connectivity index (χ0) is 42.6. The lowest BCUT2D eigenvalue weighted by atomic mass is 10.1. The highest BCUT2D eigenvalue weighted by Gasteiger charge is 2.39. The summed E-state index contributed by atoms with van der Waals surface area (Å²) < 4.78 is 25.5. The molecular formula is C41H54N16O4S. The van der Waals surface area contributed by atoms with Crippen molar-refractivity contribution in [3.63, 3.8) is 0 Å². The Morgan fingerprint density at radius 3 is 1.61 bits per heavy atom. The summed E-state index contributed by atoms with van der Waals surface area (Å²) in [4.78, 5) is 65.4. The van der Waals surface area contributed by atoms with Crippen molar-refractivity contribution in [1.29, 1.82) is 0 Å². The van der Waals surface area contributed by atoms with E-state index < -0.39 is 10.0 Å². The van der Waals surface area contributed by atoms with Gasteiger partial charge in [0, 0.05) is 96.5 Å². The second-order valence-electron chi connectivity index (χ2n) is 16.3. The number of anilines is 8. The molecule has 3 N–H and O–H groups in total. The lowest BCUT2D eigenvalue weighted by molar-refractivity contribution is 0.252. The molecule has 0 unspecified atom stereocenters. The van der Waals surface area contributed by atoms with Crippen LogP contribution in [0.4, 0.5) is 55.9 Å². The molecule has 4 bridgehead atoms. The molecule has 0 radical (unpaired) electrons. The fraction of sp³-hybridized carbons (Fsp3) is 0.512. The Hall–Kier alpha value is -5.93. The molecule has 4 fully saturated rings. The monoisotopic (exact) mass is 866 g/mol. The number of carbonyl (C=O) groups excluding carboxylic acids is 2. The van der Waals surface area contributed by atoms with Gasteiger partial charge >= 0.3 is 12.1 Å². The summed E-state index contributed by atoms with van der Waals surface area (Å²) in [5.41, 5.74) is 1.99. The molecule has 62 heavy (non-hydrogen) atoms. The van der Waals surface area contributed by atoms with Crippen LogP contribution in [0, 0.1) is 0 Å². The Balaban J connectivity index is 0.000000159. The largest absolute Gasteiger partial charge is 0.368 e. The van der Waals surface area contributed by atoms with E-state index >= 15 is 0 Å². The summed E-state index contributed by atoms with van der Waals surface area (Å²) in [6.45, 7) is 9.71. The van der Waals surface area contributed by atoms with Crippen LogP contribution in [0.25, 0.3) is 0 Å². The smallest absolute Gasteiger partial charge is 0.328 e. The van der Waals surface area contributed by atoms with Crippen molar-refractivity contribution < 1.29 is 18.0 Å². The van der Waals surface area contributed by atoms with Crippen molar-refractivity contribution in [2.75, 3.05) is 125 Å². The van der Waals surface area contributed by atoms with E-state index in [1.165, 1.54) is 23.2 Å². The summed E-state index contributed by atoms with van der Waals surface area (Å²) >= 11 is 0. The molecule has 0 aromatic carbocycles. The van der Waals surface area contributed by atoms with Crippen LogP contribution in [-0.4, -0.2) is 152 Å². The number of nitrogens with one attached hydrogen (secondary N) is 3. The molecule has 0 aliphatic carbocycles. The number of urea groups is 2. The average molecular weight is 867 g/mol. The number of pyridine rings is 2. The van der Waals surface area contributed by atoms with Gasteiger partial charge in [0.05, 0.1) is 17.6 Å². The highest BCUT2D eigenvalue weighted by Crippen LogP contribution is 2.41. The highest BCUT2D eigenvalue weighted by molar-refractivity contribution is 7.88. The quantitative estimate of drug-likeness (QED) is 0.264. The standard InChI is InChI=1S/C21H28N8O3S.C20H26N8O/c1-33(31,32)28-10-2-9-27(13-14-28)19-4-3-17-20(25-19)29(16-6-11-26(17)12-7-16)21(30)24-18-5-8-22-15-23-18;29-20(24-17-4-8-22-14-23-17)28-15-5-11-26(12-6-15)16-2-3-18(25-19(16)28)27-10-1-7-21-9-13-27/h3-5,8,15-16H,2,6-7,9-14H2,1H3,(H,22,23,24,30);2-4,8,14-15,21H,1,5-7,9-13H2,(H,22,23,24,29). The van der Waals surface area contributed by atoms with Crippen molar-refractivity contribution in [2.24, 2.45) is 0 Å². The number of rotatable bonds is 5. The van der Waals surface area contributed by atoms with Crippen molar-refractivity contribution in [2.45, 2.75) is 50.6 Å². The van der Waals surface area contributed by atoms with E-state index in [1.54, 1.807) is 29.4 Å². The molecule has 0 saturated carbocycles. The molecule has 0 atom stereocenters. The summed E-state index contributed by atoms with van der Waals surface area (Å²) in [6, 6.07) is 11.4. The summed E-state index contributed by atoms with van der Waals surface area (Å²) in [5.74, 6) is 4.04. The van der Waals surface area contributed by atoms with Gasteiger partial charge in [-0.1, -0.05) is 0 Å². The van der Waals surface area contributed by atoms with E-state index in [2.05, 4.69) is 67.6 Å². The first-order chi connectivity index (χ1) is 30.2. The zero-order valence-electron chi connectivity index (χ0n) is 35.0. The van der Waals surface area contributed by atoms with E-state index in [4.69, 9.17) is 9.97 Å². The molecule has 328 valence electrons. The van der Waals surface area contributed by atoms with E-state index in [9.17, 15) is 18.0 Å². The Morgan fingerprint density at radius 2 is 1.11 bits per heavy atom. The Labute approximate surface area is 361 Å². The molecule has 4 aromatic rings. The van der Waals surface area contributed by atoms with Crippen LogP contribution in [0.5, 0.6) is 0 Å². The van der Waals surface area contributed by atoms with E-state index in [1.807, 2.05) is 17.0 Å². The predicted octanol–water partition coefficient (Wildman–Crippen LogP) is 3.06. The normalized spacial score (nSPS) is 19.6. The third-order valence-corrected chi connectivity index (χ3v) is 13.8. The molecule has 8 aliphatic heterocycles. The number of hydrogen-bond donors (Lipinski definition) is 3. The lowest BCUT2D eigenvalue weighted by Crippen LogP contribution is -2.46. The van der Waals surface area contributed by atoms with Gasteiger partial charge in [-0.25, -0.2) is 52.2 Å². The molecule has 8 aliphatic rings. The van der Waals surface area contributed by atoms with Crippen LogP contribution in [-0.2, 0) is 10.0 Å². The van der Waals surface area contributed by atoms with Crippen LogP contribution in [0.3, 0.4) is 0 Å². The molecule has 12 rings (SSSR count). The average Bonchev–Trinajstić information content (AvgIpc) is 3.90. The van der Waals surface area contributed by atoms with Gasteiger partial charge in [0.25, 0.3) is 0 Å². The molecule has 21 heteroatoms. The van der Waals surface area contributed by atoms with Gasteiger partial charge in [0.2, 0.25) is 10.0 Å². The zero-order valence-corrected chi connectivity index (χ0v) is 35.8. The van der Waals surface area contributed by atoms with Crippen molar-refractivity contribution in [1.82, 2.24) is 39.5 Å². The Morgan fingerprint density at radius 1 is 0.597 bits per heavy atom. The highest BCUT2D eigenvalue weighted by atomic mass is 32.2. The minimum atomic E-state index is -3.22. The van der Waals surface area contributed by atoms with Gasteiger partial charge in [0.15, 0.2) is 11.6 Å². The number of hydrogen-bond acceptors (Lipinski definition) is 15. The van der Waals surface area contributed by atoms with E-state index in [0.29, 0.717) is 43.6 Å². The van der Waals surface area contributed by atoms with Crippen LogP contribution in [0.2, 0.25) is 0 Å². The SMILES string of the molecule is CS(=O)(=O)N1CCCN(c2ccc3c(n2)N(C(=O)Nc2ccncn2)C2CCN3CC2)CC1.O=C(Nc1ccncn1)N1c2nc(N3CCCNCC3)ccc2N2CCC1CC2. The molecule has 0 spiro atoms. The molecule has 4 saturated heterocycles. The molecule has 4 aromatic heterocycles. The van der Waals surface area contributed by atoms with E-state index in [-0.39, 0.29) is 24.1 Å². The third-order valence-electron chi connectivity index (χ3n) is 12.5. The van der Waals surface area contributed by atoms with Crippen LogP contribution in [0.15, 0.2) is 61.4 Å². The van der Waals surface area contributed by atoms with Crippen LogP contribution in [0.1, 0.15) is 38.5 Å². The second kappa shape index (κ2) is 18.2. The fourth-order valence-corrected chi connectivity index (χ4v) is 10.1. The second-order valence-corrected chi connectivity index (χ2v) is 18.3. The maximum Gasteiger partial charge on any atom is 0.328 e. The Kier molecular flexibility index (Phi) is 12.2. The third kappa shape index (κ3) is 9.00. The minimum absolute atomic E-state index is 0.0527. The molecule has 20 nitrogen and oxygen atoms in total. The fourth-order valence-electron chi connectivity index (χ4n) is 9.26. The van der Waals surface area contributed by atoms with E-state index in [0.717, 1.165) is 120 Å². The van der Waals surface area contributed by atoms with Gasteiger partial charge in [-0.15, -0.1) is 0 Å². The van der Waals surface area contributed by atoms with Gasteiger partial charge in [0.1, 0.15) is 35.9 Å². The number of sulfonamides is 1.